The molecule has 0 amide bonds. The maximum absolute atomic E-state index is 5.00. The number of allylic oxidation sites excluding steroid dienone is 1. The minimum absolute atomic E-state index is 0.174. The summed E-state index contributed by atoms with van der Waals surface area (Å²) in [4.78, 5) is 0. The van der Waals surface area contributed by atoms with E-state index in [-0.39, 0.29) is 6.29 Å². The number of hydrogen-bond donors (Lipinski definition) is 0. The van der Waals surface area contributed by atoms with E-state index in [9.17, 15) is 0 Å². The molecule has 0 aliphatic heterocycles. The molecule has 0 unspecified atom stereocenters. The summed E-state index contributed by atoms with van der Waals surface area (Å²) in [5.74, 6) is 0. The fraction of sp³-hybridized carbons (Fsp3) is 0.800. The predicted octanol–water partition coefficient (Wildman–Crippen LogP) is 2.74. The van der Waals surface area contributed by atoms with Crippen LogP contribution >= 0.6 is 0 Å². The summed E-state index contributed by atoms with van der Waals surface area (Å²) in [6.45, 7) is 2.21. The van der Waals surface area contributed by atoms with Gasteiger partial charge in [-0.2, -0.15) is 0 Å². The van der Waals surface area contributed by atoms with Crippen LogP contribution in [0.15, 0.2) is 12.2 Å². The molecule has 0 radical (unpaired) electrons. The predicted molar refractivity (Wildman–Crippen MR) is 51.1 cm³/mol. The van der Waals surface area contributed by atoms with Crippen molar-refractivity contribution in [2.45, 2.75) is 38.9 Å². The Balaban J connectivity index is 3.32. The molecule has 0 spiro atoms. The van der Waals surface area contributed by atoms with Crippen LogP contribution in [0.3, 0.4) is 0 Å². The Labute approximate surface area is 75.6 Å². The Bertz CT molecular complexity index is 106. The van der Waals surface area contributed by atoms with Gasteiger partial charge in [0.05, 0.1) is 0 Å². The van der Waals surface area contributed by atoms with Crippen LogP contribution in [0.1, 0.15) is 32.6 Å². The maximum Gasteiger partial charge on any atom is 0.176 e. The largest absolute Gasteiger partial charge is 0.352 e. The Kier molecular flexibility index (Phi) is 8.51. The van der Waals surface area contributed by atoms with Gasteiger partial charge in [0.1, 0.15) is 0 Å². The second-order valence-corrected chi connectivity index (χ2v) is 2.76. The highest BCUT2D eigenvalue weighted by molar-refractivity contribution is 4.84. The highest BCUT2D eigenvalue weighted by atomic mass is 16.7. The maximum atomic E-state index is 5.00. The van der Waals surface area contributed by atoms with Gasteiger partial charge in [0.2, 0.25) is 0 Å². The van der Waals surface area contributed by atoms with Gasteiger partial charge in [-0.25, -0.2) is 0 Å². The van der Waals surface area contributed by atoms with Gasteiger partial charge in [-0.15, -0.1) is 0 Å². The Morgan fingerprint density at radius 1 is 1.17 bits per heavy atom. The molecule has 0 heterocycles. The number of unbranched alkanes of at least 4 members (excludes halogenated alkanes) is 3. The van der Waals surface area contributed by atoms with Gasteiger partial charge in [0.15, 0.2) is 6.29 Å². The van der Waals surface area contributed by atoms with Crippen LogP contribution < -0.4 is 0 Å². The van der Waals surface area contributed by atoms with Gasteiger partial charge in [-0.3, -0.25) is 0 Å². The summed E-state index contributed by atoms with van der Waals surface area (Å²) in [5, 5.41) is 0. The summed E-state index contributed by atoms with van der Waals surface area (Å²) in [7, 11) is 3.29. The lowest BCUT2D eigenvalue weighted by Crippen LogP contribution is -2.08. The summed E-state index contributed by atoms with van der Waals surface area (Å²) in [5.41, 5.74) is 0. The van der Waals surface area contributed by atoms with Gasteiger partial charge in [-0.05, 0) is 18.9 Å². The second kappa shape index (κ2) is 8.75. The minimum Gasteiger partial charge on any atom is -0.352 e. The third-order valence-corrected chi connectivity index (χ3v) is 1.73. The lowest BCUT2D eigenvalue weighted by Gasteiger charge is -2.06. The van der Waals surface area contributed by atoms with E-state index < -0.39 is 0 Å². The Hall–Kier alpha value is -0.340. The molecule has 2 nitrogen and oxygen atoms in total. The number of ether oxygens (including phenoxy) is 2. The standard InChI is InChI=1S/C10H20O2/c1-4-5-6-7-8-9-10(11-2)12-3/h8-10H,4-7H2,1-3H3/b9-8+. The quantitative estimate of drug-likeness (QED) is 0.334. The van der Waals surface area contributed by atoms with E-state index in [0.717, 1.165) is 6.42 Å². The van der Waals surface area contributed by atoms with Crippen molar-refractivity contribution in [3.8, 4) is 0 Å². The SMILES string of the molecule is CCCCC/C=C/C(OC)OC. The summed E-state index contributed by atoms with van der Waals surface area (Å²) in [6, 6.07) is 0. The van der Waals surface area contributed by atoms with Crippen molar-refractivity contribution in [3.05, 3.63) is 12.2 Å². The summed E-state index contributed by atoms with van der Waals surface area (Å²) in [6.07, 6.45) is 8.85. The van der Waals surface area contributed by atoms with Crippen molar-refractivity contribution in [1.29, 1.82) is 0 Å². The Morgan fingerprint density at radius 3 is 2.33 bits per heavy atom. The highest BCUT2D eigenvalue weighted by Gasteiger charge is 1.95. The molecule has 0 aliphatic rings. The summed E-state index contributed by atoms with van der Waals surface area (Å²) < 4.78 is 9.99. The minimum atomic E-state index is -0.174. The van der Waals surface area contributed by atoms with Crippen LogP contribution in [-0.4, -0.2) is 20.5 Å². The van der Waals surface area contributed by atoms with Crippen molar-refractivity contribution in [2.75, 3.05) is 14.2 Å². The molecule has 72 valence electrons. The Morgan fingerprint density at radius 2 is 1.83 bits per heavy atom. The third kappa shape index (κ3) is 6.38. The zero-order chi connectivity index (χ0) is 9.23. The molecule has 0 saturated carbocycles. The lowest BCUT2D eigenvalue weighted by atomic mass is 10.2. The third-order valence-electron chi connectivity index (χ3n) is 1.73. The van der Waals surface area contributed by atoms with Crippen LogP contribution in [0.4, 0.5) is 0 Å². The first-order valence-electron chi connectivity index (χ1n) is 4.57. The van der Waals surface area contributed by atoms with Crippen molar-refractivity contribution in [3.63, 3.8) is 0 Å². The topological polar surface area (TPSA) is 18.5 Å². The average Bonchev–Trinajstić information content (AvgIpc) is 2.11. The van der Waals surface area contributed by atoms with E-state index in [1.807, 2.05) is 6.08 Å². The molecule has 0 atom stereocenters. The molecular formula is C10H20O2. The van der Waals surface area contributed by atoms with Gasteiger partial charge in [0.25, 0.3) is 0 Å². The van der Waals surface area contributed by atoms with Gasteiger partial charge >= 0.3 is 0 Å². The molecule has 0 aromatic carbocycles. The molecule has 0 aromatic heterocycles. The normalized spacial score (nSPS) is 11.7. The molecule has 0 N–H and O–H groups in total. The van der Waals surface area contributed by atoms with E-state index >= 15 is 0 Å². The van der Waals surface area contributed by atoms with Gasteiger partial charge in [0, 0.05) is 14.2 Å². The number of hydrogen-bond acceptors (Lipinski definition) is 2. The first-order chi connectivity index (χ1) is 5.85. The second-order valence-electron chi connectivity index (χ2n) is 2.76. The molecule has 12 heavy (non-hydrogen) atoms. The molecule has 0 aliphatic carbocycles. The van der Waals surface area contributed by atoms with E-state index in [1.54, 1.807) is 14.2 Å². The van der Waals surface area contributed by atoms with Gasteiger partial charge in [-0.1, -0.05) is 25.8 Å². The number of rotatable bonds is 7. The first kappa shape index (κ1) is 11.7. The van der Waals surface area contributed by atoms with E-state index in [2.05, 4.69) is 13.0 Å². The molecular weight excluding hydrogens is 152 g/mol. The molecule has 0 bridgehead atoms. The monoisotopic (exact) mass is 172 g/mol. The average molecular weight is 172 g/mol. The smallest absolute Gasteiger partial charge is 0.176 e. The molecule has 0 rings (SSSR count). The molecule has 0 saturated heterocycles. The van der Waals surface area contributed by atoms with Crippen molar-refractivity contribution in [1.82, 2.24) is 0 Å². The molecule has 0 fully saturated rings. The van der Waals surface area contributed by atoms with Crippen LogP contribution in [0.5, 0.6) is 0 Å². The molecule has 2 heteroatoms. The fourth-order valence-electron chi connectivity index (χ4n) is 0.973. The van der Waals surface area contributed by atoms with Crippen LogP contribution in [0.25, 0.3) is 0 Å². The lowest BCUT2D eigenvalue weighted by molar-refractivity contribution is -0.0667. The van der Waals surface area contributed by atoms with E-state index in [0.29, 0.717) is 0 Å². The molecule has 0 aromatic rings. The van der Waals surface area contributed by atoms with Crippen LogP contribution in [0, 0.1) is 0 Å². The van der Waals surface area contributed by atoms with Crippen molar-refractivity contribution < 1.29 is 9.47 Å². The zero-order valence-electron chi connectivity index (χ0n) is 8.38. The van der Waals surface area contributed by atoms with Crippen molar-refractivity contribution >= 4 is 0 Å². The van der Waals surface area contributed by atoms with Crippen LogP contribution in [-0.2, 0) is 9.47 Å². The fourth-order valence-corrected chi connectivity index (χ4v) is 0.973. The van der Waals surface area contributed by atoms with Crippen LogP contribution in [0.2, 0.25) is 0 Å². The van der Waals surface area contributed by atoms with Crippen molar-refractivity contribution in [2.24, 2.45) is 0 Å². The zero-order valence-corrected chi connectivity index (χ0v) is 8.38. The van der Waals surface area contributed by atoms with E-state index in [4.69, 9.17) is 9.47 Å². The first-order valence-corrected chi connectivity index (χ1v) is 4.57. The highest BCUT2D eigenvalue weighted by Crippen LogP contribution is 2.01. The van der Waals surface area contributed by atoms with Gasteiger partial charge < -0.3 is 9.47 Å². The number of methoxy groups -OCH3 is 2. The summed E-state index contributed by atoms with van der Waals surface area (Å²) >= 11 is 0. The van der Waals surface area contributed by atoms with E-state index in [1.165, 1.54) is 19.3 Å².